The second kappa shape index (κ2) is 9.24. The van der Waals surface area contributed by atoms with Gasteiger partial charge in [0.1, 0.15) is 18.1 Å². The number of nitrogens with one attached hydrogen (secondary N) is 1. The third-order valence-corrected chi connectivity index (χ3v) is 5.23. The van der Waals surface area contributed by atoms with Crippen LogP contribution in [0, 0.1) is 5.92 Å². The maximum atomic E-state index is 12.2. The van der Waals surface area contributed by atoms with Crippen LogP contribution in [0.2, 0.25) is 0 Å². The third kappa shape index (κ3) is 5.61. The first-order chi connectivity index (χ1) is 12.6. The Bertz CT molecular complexity index is 723. The Morgan fingerprint density at radius 2 is 2.12 bits per heavy atom. The van der Waals surface area contributed by atoms with E-state index in [1.165, 1.54) is 12.8 Å². The topological polar surface area (TPSA) is 54.7 Å². The number of likely N-dealkylation sites (tertiary alicyclic amines) is 1. The van der Waals surface area contributed by atoms with Crippen LogP contribution >= 0.6 is 15.9 Å². The van der Waals surface area contributed by atoms with Gasteiger partial charge in [0, 0.05) is 11.0 Å². The van der Waals surface area contributed by atoms with Crippen molar-refractivity contribution < 1.29 is 13.9 Å². The van der Waals surface area contributed by atoms with Gasteiger partial charge in [-0.25, -0.2) is 0 Å². The molecule has 1 aromatic carbocycles. The molecular weight excluding hydrogens is 396 g/mol. The zero-order valence-corrected chi connectivity index (χ0v) is 16.6. The van der Waals surface area contributed by atoms with Gasteiger partial charge in [0.25, 0.3) is 5.91 Å². The summed E-state index contributed by atoms with van der Waals surface area (Å²) >= 11 is 3.41. The van der Waals surface area contributed by atoms with Crippen LogP contribution in [-0.2, 0) is 6.61 Å². The maximum absolute atomic E-state index is 12.2. The molecule has 0 atom stereocenters. The lowest BCUT2D eigenvalue weighted by molar-refractivity contribution is 0.0917. The average molecular weight is 421 g/mol. The molecule has 1 saturated heterocycles. The van der Waals surface area contributed by atoms with Gasteiger partial charge in [-0.3, -0.25) is 4.79 Å². The summed E-state index contributed by atoms with van der Waals surface area (Å²) in [5, 5.41) is 2.96. The van der Waals surface area contributed by atoms with Crippen molar-refractivity contribution in [2.75, 3.05) is 26.7 Å². The Morgan fingerprint density at radius 3 is 2.88 bits per heavy atom. The second-order valence-corrected chi connectivity index (χ2v) is 7.72. The Kier molecular flexibility index (Phi) is 6.74. The first-order valence-electron chi connectivity index (χ1n) is 9.04. The SMILES string of the molecule is CN1CCC(CCNC(=O)c2ccc(COc3cccc(Br)c3)o2)CC1. The van der Waals surface area contributed by atoms with E-state index < -0.39 is 0 Å². The molecule has 140 valence electrons. The molecule has 1 aliphatic rings. The van der Waals surface area contributed by atoms with E-state index >= 15 is 0 Å². The van der Waals surface area contributed by atoms with Crippen LogP contribution in [0.15, 0.2) is 45.3 Å². The molecule has 0 bridgehead atoms. The fourth-order valence-electron chi connectivity index (χ4n) is 3.12. The average Bonchev–Trinajstić information content (AvgIpc) is 3.11. The van der Waals surface area contributed by atoms with E-state index in [9.17, 15) is 4.79 Å². The number of carbonyl (C=O) groups is 1. The van der Waals surface area contributed by atoms with Crippen molar-refractivity contribution >= 4 is 21.8 Å². The molecule has 2 heterocycles. The van der Waals surface area contributed by atoms with Gasteiger partial charge in [-0.1, -0.05) is 22.0 Å². The van der Waals surface area contributed by atoms with Crippen LogP contribution in [0.25, 0.3) is 0 Å². The molecule has 1 amide bonds. The summed E-state index contributed by atoms with van der Waals surface area (Å²) in [6.07, 6.45) is 3.45. The number of nitrogens with zero attached hydrogens (tertiary/aromatic N) is 1. The molecule has 0 saturated carbocycles. The molecule has 1 fully saturated rings. The summed E-state index contributed by atoms with van der Waals surface area (Å²) in [5.74, 6) is 2.26. The minimum absolute atomic E-state index is 0.161. The summed E-state index contributed by atoms with van der Waals surface area (Å²) in [6.45, 7) is 3.29. The highest BCUT2D eigenvalue weighted by Gasteiger charge is 2.17. The summed E-state index contributed by atoms with van der Waals surface area (Å²) < 4.78 is 12.2. The Hall–Kier alpha value is -1.79. The van der Waals surface area contributed by atoms with E-state index in [1.807, 2.05) is 24.3 Å². The van der Waals surface area contributed by atoms with Gasteiger partial charge in [-0.15, -0.1) is 0 Å². The second-order valence-electron chi connectivity index (χ2n) is 6.80. The molecule has 3 rings (SSSR count). The molecule has 5 nitrogen and oxygen atoms in total. The molecule has 26 heavy (non-hydrogen) atoms. The van der Waals surface area contributed by atoms with Crippen LogP contribution in [0.3, 0.4) is 0 Å². The number of carbonyl (C=O) groups excluding carboxylic acids is 1. The number of furan rings is 1. The summed E-state index contributed by atoms with van der Waals surface area (Å²) in [4.78, 5) is 14.6. The zero-order valence-electron chi connectivity index (χ0n) is 15.0. The molecule has 0 unspecified atom stereocenters. The predicted octanol–water partition coefficient (Wildman–Crippen LogP) is 4.08. The molecular formula is C20H25BrN2O3. The van der Waals surface area contributed by atoms with Crippen molar-refractivity contribution in [1.29, 1.82) is 0 Å². The minimum atomic E-state index is -0.161. The fraction of sp³-hybridized carbons (Fsp3) is 0.450. The lowest BCUT2D eigenvalue weighted by atomic mass is 9.94. The number of piperidine rings is 1. The summed E-state index contributed by atoms with van der Waals surface area (Å²) in [6, 6.07) is 11.1. The zero-order chi connectivity index (χ0) is 18.4. The molecule has 1 aromatic heterocycles. The molecule has 6 heteroatoms. The maximum Gasteiger partial charge on any atom is 0.286 e. The van der Waals surface area contributed by atoms with E-state index in [4.69, 9.17) is 9.15 Å². The lowest BCUT2D eigenvalue weighted by Crippen LogP contribution is -2.32. The number of halogens is 1. The van der Waals surface area contributed by atoms with E-state index in [0.717, 1.165) is 29.7 Å². The molecule has 1 aliphatic heterocycles. The van der Waals surface area contributed by atoms with E-state index in [1.54, 1.807) is 12.1 Å². The Labute approximate surface area is 162 Å². The van der Waals surface area contributed by atoms with Crippen LogP contribution in [-0.4, -0.2) is 37.5 Å². The highest BCUT2D eigenvalue weighted by molar-refractivity contribution is 9.10. The molecule has 0 radical (unpaired) electrons. The van der Waals surface area contributed by atoms with Gasteiger partial charge in [-0.05, 0) is 75.6 Å². The highest BCUT2D eigenvalue weighted by Crippen LogP contribution is 2.20. The van der Waals surface area contributed by atoms with Gasteiger partial charge in [-0.2, -0.15) is 0 Å². The first kappa shape index (κ1) is 19.0. The van der Waals surface area contributed by atoms with E-state index in [-0.39, 0.29) is 5.91 Å². The number of benzene rings is 1. The number of hydrogen-bond donors (Lipinski definition) is 1. The number of rotatable bonds is 7. The number of amides is 1. The number of ether oxygens (including phenoxy) is 1. The fourth-order valence-corrected chi connectivity index (χ4v) is 3.49. The van der Waals surface area contributed by atoms with Gasteiger partial charge >= 0.3 is 0 Å². The minimum Gasteiger partial charge on any atom is -0.486 e. The lowest BCUT2D eigenvalue weighted by Gasteiger charge is -2.28. The van der Waals surface area contributed by atoms with Crippen LogP contribution in [0.4, 0.5) is 0 Å². The smallest absolute Gasteiger partial charge is 0.286 e. The highest BCUT2D eigenvalue weighted by atomic mass is 79.9. The van der Waals surface area contributed by atoms with E-state index in [0.29, 0.717) is 30.6 Å². The summed E-state index contributed by atoms with van der Waals surface area (Å²) in [5.41, 5.74) is 0. The van der Waals surface area contributed by atoms with Gasteiger partial charge in [0.2, 0.25) is 0 Å². The van der Waals surface area contributed by atoms with Gasteiger partial charge in [0.15, 0.2) is 5.76 Å². The predicted molar refractivity (Wildman–Crippen MR) is 104 cm³/mol. The Morgan fingerprint density at radius 1 is 1.31 bits per heavy atom. The van der Waals surface area contributed by atoms with Crippen LogP contribution < -0.4 is 10.1 Å². The van der Waals surface area contributed by atoms with Crippen LogP contribution in [0.1, 0.15) is 35.6 Å². The van der Waals surface area contributed by atoms with Crippen molar-refractivity contribution in [3.05, 3.63) is 52.4 Å². The van der Waals surface area contributed by atoms with Gasteiger partial charge in [0.05, 0.1) is 0 Å². The van der Waals surface area contributed by atoms with E-state index in [2.05, 4.69) is 33.2 Å². The Balaban J connectivity index is 1.41. The molecule has 0 aliphatic carbocycles. The van der Waals surface area contributed by atoms with Crippen LogP contribution in [0.5, 0.6) is 5.75 Å². The van der Waals surface area contributed by atoms with Crippen molar-refractivity contribution in [2.45, 2.75) is 25.9 Å². The van der Waals surface area contributed by atoms with Crippen molar-refractivity contribution in [2.24, 2.45) is 5.92 Å². The summed E-state index contributed by atoms with van der Waals surface area (Å²) in [7, 11) is 2.16. The number of hydrogen-bond acceptors (Lipinski definition) is 4. The van der Waals surface area contributed by atoms with Gasteiger partial charge < -0.3 is 19.4 Å². The van der Waals surface area contributed by atoms with Crippen molar-refractivity contribution in [1.82, 2.24) is 10.2 Å². The van der Waals surface area contributed by atoms with Crippen molar-refractivity contribution in [3.8, 4) is 5.75 Å². The molecule has 0 spiro atoms. The third-order valence-electron chi connectivity index (χ3n) is 4.74. The van der Waals surface area contributed by atoms with Crippen molar-refractivity contribution in [3.63, 3.8) is 0 Å². The standard InChI is InChI=1S/C20H25BrN2O3/c1-23-11-8-15(9-12-23)7-10-22-20(24)19-6-5-18(26-19)14-25-17-4-2-3-16(21)13-17/h2-6,13,15H,7-12,14H2,1H3,(H,22,24). The first-order valence-corrected chi connectivity index (χ1v) is 9.83. The normalized spacial score (nSPS) is 15.8. The molecule has 2 aromatic rings. The quantitative estimate of drug-likeness (QED) is 0.732. The molecule has 1 N–H and O–H groups in total. The monoisotopic (exact) mass is 420 g/mol. The largest absolute Gasteiger partial charge is 0.486 e.